The predicted molar refractivity (Wildman–Crippen MR) is 59.1 cm³/mol. The second kappa shape index (κ2) is 3.44. The first kappa shape index (κ1) is 10.4. The highest BCUT2D eigenvalue weighted by Gasteiger charge is 2.12. The number of rotatable bonds is 1. The number of hydrogen-bond acceptors (Lipinski definition) is 3. The fraction of sp³-hybridized carbons (Fsp3) is 0.182. The van der Waals surface area contributed by atoms with Crippen LogP contribution in [0.4, 0.5) is 0 Å². The van der Waals surface area contributed by atoms with Gasteiger partial charge in [-0.25, -0.2) is 4.68 Å². The standard InChI is InChI=1S/C11H12N2O3/c1-7-6-10(15)13(12(7)2)8-4-3-5-9(14)11(8)16/h3-6,14,16H,1-2H3. The first-order chi connectivity index (χ1) is 7.52. The van der Waals surface area contributed by atoms with Gasteiger partial charge in [-0.1, -0.05) is 6.07 Å². The van der Waals surface area contributed by atoms with E-state index in [9.17, 15) is 15.0 Å². The molecule has 0 unspecified atom stereocenters. The molecule has 0 bridgehead atoms. The molecular weight excluding hydrogens is 208 g/mol. The summed E-state index contributed by atoms with van der Waals surface area (Å²) in [6.45, 7) is 1.79. The Hall–Kier alpha value is -2.17. The largest absolute Gasteiger partial charge is 0.504 e. The molecule has 0 aliphatic carbocycles. The van der Waals surface area contributed by atoms with Gasteiger partial charge in [0.15, 0.2) is 11.5 Å². The maximum atomic E-state index is 11.7. The molecule has 1 aromatic carbocycles. The zero-order chi connectivity index (χ0) is 11.9. The van der Waals surface area contributed by atoms with Gasteiger partial charge in [-0.2, -0.15) is 0 Å². The van der Waals surface area contributed by atoms with Crippen LogP contribution >= 0.6 is 0 Å². The number of aromatic nitrogens is 2. The Morgan fingerprint density at radius 3 is 2.50 bits per heavy atom. The zero-order valence-electron chi connectivity index (χ0n) is 9.01. The first-order valence-corrected chi connectivity index (χ1v) is 4.79. The molecule has 2 N–H and O–H groups in total. The maximum Gasteiger partial charge on any atom is 0.271 e. The molecule has 0 amide bonds. The van der Waals surface area contributed by atoms with Gasteiger partial charge < -0.3 is 10.2 Å². The van der Waals surface area contributed by atoms with Gasteiger partial charge in [-0.15, -0.1) is 0 Å². The van der Waals surface area contributed by atoms with Crippen molar-refractivity contribution in [2.45, 2.75) is 6.92 Å². The van der Waals surface area contributed by atoms with E-state index in [2.05, 4.69) is 0 Å². The van der Waals surface area contributed by atoms with Crippen molar-refractivity contribution in [3.8, 4) is 17.2 Å². The van der Waals surface area contributed by atoms with Crippen LogP contribution in [0, 0.1) is 6.92 Å². The van der Waals surface area contributed by atoms with E-state index in [1.54, 1.807) is 30.8 Å². The lowest BCUT2D eigenvalue weighted by Gasteiger charge is -2.10. The minimum atomic E-state index is -0.300. The van der Waals surface area contributed by atoms with Crippen LogP contribution in [0.1, 0.15) is 5.69 Å². The Morgan fingerprint density at radius 1 is 1.25 bits per heavy atom. The Bertz CT molecular complexity index is 596. The van der Waals surface area contributed by atoms with Crippen molar-refractivity contribution >= 4 is 0 Å². The summed E-state index contributed by atoms with van der Waals surface area (Å²) in [6.07, 6.45) is 0. The Morgan fingerprint density at radius 2 is 1.94 bits per heavy atom. The highest BCUT2D eigenvalue weighted by Crippen LogP contribution is 2.30. The summed E-state index contributed by atoms with van der Waals surface area (Å²) < 4.78 is 2.90. The van der Waals surface area contributed by atoms with Gasteiger partial charge >= 0.3 is 0 Å². The van der Waals surface area contributed by atoms with E-state index in [0.29, 0.717) is 0 Å². The summed E-state index contributed by atoms with van der Waals surface area (Å²) in [5.41, 5.74) is 0.786. The second-order valence-corrected chi connectivity index (χ2v) is 3.60. The zero-order valence-corrected chi connectivity index (χ0v) is 9.01. The molecule has 0 saturated heterocycles. The topological polar surface area (TPSA) is 67.4 Å². The quantitative estimate of drug-likeness (QED) is 0.701. The summed E-state index contributed by atoms with van der Waals surface area (Å²) >= 11 is 0. The van der Waals surface area contributed by atoms with Crippen LogP contribution in [0.3, 0.4) is 0 Å². The van der Waals surface area contributed by atoms with Crippen molar-refractivity contribution in [1.82, 2.24) is 9.36 Å². The van der Waals surface area contributed by atoms with Crippen molar-refractivity contribution in [1.29, 1.82) is 0 Å². The highest BCUT2D eigenvalue weighted by molar-refractivity contribution is 5.53. The molecule has 5 nitrogen and oxygen atoms in total. The van der Waals surface area contributed by atoms with Crippen LogP contribution in [0.25, 0.3) is 5.69 Å². The van der Waals surface area contributed by atoms with E-state index >= 15 is 0 Å². The number of aryl methyl sites for hydroxylation is 1. The van der Waals surface area contributed by atoms with Crippen molar-refractivity contribution < 1.29 is 10.2 Å². The summed E-state index contributed by atoms with van der Waals surface area (Å²) in [6, 6.07) is 5.96. The number of phenols is 2. The molecule has 0 spiro atoms. The van der Waals surface area contributed by atoms with Gasteiger partial charge in [-0.05, 0) is 19.1 Å². The average molecular weight is 220 g/mol. The molecule has 1 aromatic heterocycles. The van der Waals surface area contributed by atoms with E-state index in [-0.39, 0.29) is 22.7 Å². The molecule has 1 heterocycles. The molecule has 0 atom stereocenters. The molecule has 16 heavy (non-hydrogen) atoms. The minimum absolute atomic E-state index is 0.247. The number of aromatic hydroxyl groups is 2. The van der Waals surface area contributed by atoms with Crippen molar-refractivity contribution in [2.24, 2.45) is 7.05 Å². The van der Waals surface area contributed by atoms with Gasteiger partial charge in [0.05, 0.1) is 0 Å². The van der Waals surface area contributed by atoms with E-state index in [0.717, 1.165) is 5.69 Å². The molecule has 0 aliphatic rings. The fourth-order valence-corrected chi connectivity index (χ4v) is 1.61. The Balaban J connectivity index is 2.77. The monoisotopic (exact) mass is 220 g/mol. The molecular formula is C11H12N2O3. The number of nitrogens with zero attached hydrogens (tertiary/aromatic N) is 2. The smallest absolute Gasteiger partial charge is 0.271 e. The molecule has 0 aliphatic heterocycles. The molecule has 5 heteroatoms. The molecule has 2 aromatic rings. The van der Waals surface area contributed by atoms with Crippen molar-refractivity contribution in [3.63, 3.8) is 0 Å². The van der Waals surface area contributed by atoms with Crippen LogP contribution in [-0.4, -0.2) is 19.6 Å². The van der Waals surface area contributed by atoms with Gasteiger partial charge in [0.2, 0.25) is 0 Å². The molecule has 0 saturated carbocycles. The van der Waals surface area contributed by atoms with Gasteiger partial charge in [0.25, 0.3) is 5.56 Å². The summed E-state index contributed by atoms with van der Waals surface area (Å²) in [4.78, 5) is 11.7. The predicted octanol–water partition coefficient (Wildman–Crippen LogP) is 0.896. The van der Waals surface area contributed by atoms with Gasteiger partial charge in [-0.3, -0.25) is 9.48 Å². The number of phenolic OH excluding ortho intramolecular Hbond substituents is 2. The lowest BCUT2D eigenvalue weighted by molar-refractivity contribution is 0.399. The Labute approximate surface area is 91.8 Å². The lowest BCUT2D eigenvalue weighted by Crippen LogP contribution is -2.19. The van der Waals surface area contributed by atoms with E-state index in [4.69, 9.17) is 0 Å². The summed E-state index contributed by atoms with van der Waals surface area (Å²) in [5, 5.41) is 19.1. The minimum Gasteiger partial charge on any atom is -0.504 e. The molecule has 0 fully saturated rings. The second-order valence-electron chi connectivity index (χ2n) is 3.60. The molecule has 84 valence electrons. The average Bonchev–Trinajstić information content (AvgIpc) is 2.47. The SMILES string of the molecule is Cc1cc(=O)n(-c2cccc(O)c2O)n1C. The van der Waals surface area contributed by atoms with Crippen molar-refractivity contribution in [3.05, 3.63) is 40.3 Å². The fourth-order valence-electron chi connectivity index (χ4n) is 1.61. The van der Waals surface area contributed by atoms with Crippen LogP contribution in [0.15, 0.2) is 29.1 Å². The summed E-state index contributed by atoms with van der Waals surface area (Å²) in [5.74, 6) is -0.547. The first-order valence-electron chi connectivity index (χ1n) is 4.79. The number of benzene rings is 1. The summed E-state index contributed by atoms with van der Waals surface area (Å²) in [7, 11) is 1.71. The van der Waals surface area contributed by atoms with E-state index in [1.165, 1.54) is 16.8 Å². The van der Waals surface area contributed by atoms with E-state index in [1.807, 2.05) is 0 Å². The highest BCUT2D eigenvalue weighted by atomic mass is 16.3. The van der Waals surface area contributed by atoms with Crippen LogP contribution < -0.4 is 5.56 Å². The van der Waals surface area contributed by atoms with Crippen LogP contribution in [0.5, 0.6) is 11.5 Å². The van der Waals surface area contributed by atoms with Gasteiger partial charge in [0, 0.05) is 18.8 Å². The maximum absolute atomic E-state index is 11.7. The van der Waals surface area contributed by atoms with Crippen LogP contribution in [-0.2, 0) is 7.05 Å². The number of para-hydroxylation sites is 1. The number of hydrogen-bond donors (Lipinski definition) is 2. The third kappa shape index (κ3) is 1.37. The van der Waals surface area contributed by atoms with Gasteiger partial charge in [0.1, 0.15) is 5.69 Å². The lowest BCUT2D eigenvalue weighted by atomic mass is 10.3. The molecule has 0 radical (unpaired) electrons. The van der Waals surface area contributed by atoms with E-state index < -0.39 is 0 Å². The Kier molecular flexibility index (Phi) is 2.23. The molecule has 2 rings (SSSR count). The third-order valence-electron chi connectivity index (χ3n) is 2.57. The van der Waals surface area contributed by atoms with Crippen molar-refractivity contribution in [2.75, 3.05) is 0 Å². The normalized spacial score (nSPS) is 10.6. The van der Waals surface area contributed by atoms with Crippen LogP contribution in [0.2, 0.25) is 0 Å². The third-order valence-corrected chi connectivity index (χ3v) is 2.57.